The van der Waals surface area contributed by atoms with E-state index in [1.807, 2.05) is 38.1 Å². The molecular weight excluding hydrogens is 404 g/mol. The molecule has 1 amide bonds. The molecule has 0 heterocycles. The van der Waals surface area contributed by atoms with Crippen molar-refractivity contribution in [1.29, 1.82) is 0 Å². The van der Waals surface area contributed by atoms with E-state index in [9.17, 15) is 13.2 Å². The summed E-state index contributed by atoms with van der Waals surface area (Å²) in [4.78, 5) is 12.8. The van der Waals surface area contributed by atoms with Gasteiger partial charge in [0.25, 0.3) is 0 Å². The van der Waals surface area contributed by atoms with E-state index in [2.05, 4.69) is 24.4 Å². The van der Waals surface area contributed by atoms with E-state index in [1.165, 1.54) is 15.4 Å². The zero-order valence-corrected chi connectivity index (χ0v) is 19.1. The van der Waals surface area contributed by atoms with E-state index in [-0.39, 0.29) is 5.91 Å². The van der Waals surface area contributed by atoms with Crippen LogP contribution in [0.15, 0.2) is 48.5 Å². The number of carbonyl (C=O) groups excluding carboxylic acids is 1. The van der Waals surface area contributed by atoms with Crippen molar-refractivity contribution in [2.24, 2.45) is 0 Å². The van der Waals surface area contributed by atoms with Crippen LogP contribution in [0.5, 0.6) is 0 Å². The molecule has 0 aliphatic rings. The molecule has 0 saturated heterocycles. The normalized spacial score (nSPS) is 12.4. The molecule has 0 saturated carbocycles. The predicted octanol–water partition coefficient (Wildman–Crippen LogP) is 3.90. The Morgan fingerprint density at radius 2 is 1.76 bits per heavy atom. The van der Waals surface area contributed by atoms with Crippen molar-refractivity contribution in [2.75, 3.05) is 22.9 Å². The highest BCUT2D eigenvalue weighted by Crippen LogP contribution is 2.23. The van der Waals surface area contributed by atoms with Crippen molar-refractivity contribution < 1.29 is 13.2 Å². The lowest BCUT2D eigenvalue weighted by molar-refractivity contribution is -0.122. The average Bonchev–Trinajstić information content (AvgIpc) is 2.67. The van der Waals surface area contributed by atoms with Crippen LogP contribution in [-0.4, -0.2) is 38.9 Å². The number of thioether (sulfide) groups is 1. The molecule has 0 aliphatic carbocycles. The third kappa shape index (κ3) is 6.78. The van der Waals surface area contributed by atoms with Crippen LogP contribution in [0, 0.1) is 13.8 Å². The molecule has 1 atom stereocenters. The molecular formula is C22H30N2O3S2. The Kier molecular flexibility index (Phi) is 8.59. The van der Waals surface area contributed by atoms with Crippen molar-refractivity contribution >= 4 is 33.4 Å². The predicted molar refractivity (Wildman–Crippen MR) is 123 cm³/mol. The molecule has 158 valence electrons. The Balaban J connectivity index is 1.97. The summed E-state index contributed by atoms with van der Waals surface area (Å²) in [7, 11) is -3.60. The first kappa shape index (κ1) is 23.3. The maximum atomic E-state index is 12.8. The van der Waals surface area contributed by atoms with Gasteiger partial charge >= 0.3 is 0 Å². The van der Waals surface area contributed by atoms with E-state index in [4.69, 9.17) is 0 Å². The molecule has 2 aromatic rings. The third-order valence-corrected chi connectivity index (χ3v) is 6.87. The highest BCUT2D eigenvalue weighted by Gasteiger charge is 2.31. The molecule has 0 spiro atoms. The monoisotopic (exact) mass is 434 g/mol. The minimum atomic E-state index is -3.60. The number of nitrogens with one attached hydrogen (secondary N) is 1. The second-order valence-corrected chi connectivity index (χ2v) is 10.1. The van der Waals surface area contributed by atoms with E-state index < -0.39 is 16.1 Å². The number of hydrogen-bond acceptors (Lipinski definition) is 4. The van der Waals surface area contributed by atoms with Crippen molar-refractivity contribution in [3.05, 3.63) is 65.2 Å². The quantitative estimate of drug-likeness (QED) is 0.576. The van der Waals surface area contributed by atoms with Gasteiger partial charge in [-0.05, 0) is 43.5 Å². The molecule has 1 N–H and O–H groups in total. The number of hydrogen-bond donors (Lipinski definition) is 1. The van der Waals surface area contributed by atoms with Crippen LogP contribution in [0.25, 0.3) is 0 Å². The fourth-order valence-electron chi connectivity index (χ4n) is 3.07. The van der Waals surface area contributed by atoms with Gasteiger partial charge in [0.2, 0.25) is 15.9 Å². The van der Waals surface area contributed by atoms with Crippen LogP contribution in [0.3, 0.4) is 0 Å². The van der Waals surface area contributed by atoms with Gasteiger partial charge < -0.3 is 5.32 Å². The van der Waals surface area contributed by atoms with Crippen molar-refractivity contribution in [1.82, 2.24) is 5.32 Å². The molecule has 2 rings (SSSR count). The molecule has 5 nitrogen and oxygen atoms in total. The van der Waals surface area contributed by atoms with E-state index in [1.54, 1.807) is 23.9 Å². The van der Waals surface area contributed by atoms with Crippen LogP contribution in [0.2, 0.25) is 0 Å². The summed E-state index contributed by atoms with van der Waals surface area (Å²) in [5.74, 6) is 1.38. The van der Waals surface area contributed by atoms with Crippen LogP contribution in [0.4, 0.5) is 5.69 Å². The number of aryl methyl sites for hydroxylation is 2. The zero-order chi connectivity index (χ0) is 21.4. The van der Waals surface area contributed by atoms with E-state index in [0.29, 0.717) is 18.7 Å². The van der Waals surface area contributed by atoms with Gasteiger partial charge in [-0.25, -0.2) is 8.42 Å². The molecule has 1 unspecified atom stereocenters. The first-order chi connectivity index (χ1) is 13.7. The third-order valence-electron chi connectivity index (χ3n) is 4.68. The largest absolute Gasteiger partial charge is 0.353 e. The van der Waals surface area contributed by atoms with E-state index in [0.717, 1.165) is 23.3 Å². The summed E-state index contributed by atoms with van der Waals surface area (Å²) in [5, 5.41) is 2.90. The maximum Gasteiger partial charge on any atom is 0.243 e. The molecule has 7 heteroatoms. The van der Waals surface area contributed by atoms with Crippen molar-refractivity contribution in [3.63, 3.8) is 0 Å². The summed E-state index contributed by atoms with van der Waals surface area (Å²) in [6, 6.07) is 14.7. The number of benzene rings is 2. The van der Waals surface area contributed by atoms with Gasteiger partial charge in [0.15, 0.2) is 0 Å². The minimum absolute atomic E-state index is 0.269. The smallest absolute Gasteiger partial charge is 0.243 e. The second kappa shape index (κ2) is 10.7. The summed E-state index contributed by atoms with van der Waals surface area (Å²) >= 11 is 1.75. The Morgan fingerprint density at radius 1 is 1.10 bits per heavy atom. The first-order valence-corrected chi connectivity index (χ1v) is 12.7. The summed E-state index contributed by atoms with van der Waals surface area (Å²) in [6.45, 7) is 6.35. The Hall–Kier alpha value is -1.99. The first-order valence-electron chi connectivity index (χ1n) is 9.70. The lowest BCUT2D eigenvalue weighted by Crippen LogP contribution is -2.49. The van der Waals surface area contributed by atoms with Crippen LogP contribution in [0.1, 0.15) is 30.0 Å². The Bertz CT molecular complexity index is 912. The van der Waals surface area contributed by atoms with Gasteiger partial charge in [0, 0.05) is 18.1 Å². The molecule has 2 aromatic carbocycles. The van der Waals surface area contributed by atoms with Gasteiger partial charge in [0.05, 0.1) is 11.9 Å². The molecule has 0 bridgehead atoms. The van der Waals surface area contributed by atoms with Gasteiger partial charge in [-0.15, -0.1) is 0 Å². The number of amides is 1. The highest BCUT2D eigenvalue weighted by atomic mass is 32.2. The lowest BCUT2D eigenvalue weighted by atomic mass is 10.1. The molecule has 29 heavy (non-hydrogen) atoms. The van der Waals surface area contributed by atoms with Crippen LogP contribution in [-0.2, 0) is 20.6 Å². The van der Waals surface area contributed by atoms with E-state index >= 15 is 0 Å². The molecule has 0 radical (unpaired) electrons. The number of nitrogens with zero attached hydrogens (tertiary/aromatic N) is 1. The SMILES string of the molecule is CCC(C(=O)NCCSCc1ccccc1C)N(c1ccc(C)cc1)S(C)(=O)=O. The van der Waals surface area contributed by atoms with Gasteiger partial charge in [0.1, 0.15) is 6.04 Å². The van der Waals surface area contributed by atoms with Crippen LogP contribution < -0.4 is 9.62 Å². The van der Waals surface area contributed by atoms with Crippen molar-refractivity contribution in [3.8, 4) is 0 Å². The Labute approximate surface area is 178 Å². The van der Waals surface area contributed by atoms with Crippen molar-refractivity contribution in [2.45, 2.75) is 39.0 Å². The number of rotatable bonds is 10. The summed E-state index contributed by atoms with van der Waals surface area (Å²) in [5.41, 5.74) is 4.09. The summed E-state index contributed by atoms with van der Waals surface area (Å²) in [6.07, 6.45) is 1.53. The maximum absolute atomic E-state index is 12.8. The molecule has 0 fully saturated rings. The van der Waals surface area contributed by atoms with Gasteiger partial charge in [-0.3, -0.25) is 9.10 Å². The number of carbonyl (C=O) groups is 1. The standard InChI is InChI=1S/C22H30N2O3S2/c1-5-21(24(29(4,26)27)20-12-10-17(2)11-13-20)22(25)23-14-15-28-16-19-9-7-6-8-18(19)3/h6-13,21H,5,14-16H2,1-4H3,(H,23,25). The fourth-order valence-corrected chi connectivity index (χ4v) is 5.22. The number of sulfonamides is 1. The minimum Gasteiger partial charge on any atom is -0.353 e. The zero-order valence-electron chi connectivity index (χ0n) is 17.5. The topological polar surface area (TPSA) is 66.5 Å². The lowest BCUT2D eigenvalue weighted by Gasteiger charge is -2.30. The number of anilines is 1. The molecule has 0 aromatic heterocycles. The van der Waals surface area contributed by atoms with Gasteiger partial charge in [-0.1, -0.05) is 48.9 Å². The highest BCUT2D eigenvalue weighted by molar-refractivity contribution is 7.98. The van der Waals surface area contributed by atoms with Gasteiger partial charge in [-0.2, -0.15) is 11.8 Å². The fraction of sp³-hybridized carbons (Fsp3) is 0.409. The Morgan fingerprint density at radius 3 is 2.34 bits per heavy atom. The molecule has 0 aliphatic heterocycles. The summed E-state index contributed by atoms with van der Waals surface area (Å²) < 4.78 is 26.1. The van der Waals surface area contributed by atoms with Crippen LogP contribution >= 0.6 is 11.8 Å². The second-order valence-electron chi connectivity index (χ2n) is 7.09. The average molecular weight is 435 g/mol.